The normalized spacial score (nSPS) is 11.5. The lowest BCUT2D eigenvalue weighted by Crippen LogP contribution is -2.23. The fourth-order valence-electron chi connectivity index (χ4n) is 2.15. The van der Waals surface area contributed by atoms with Crippen molar-refractivity contribution in [2.75, 3.05) is 11.9 Å². The van der Waals surface area contributed by atoms with Crippen molar-refractivity contribution in [3.8, 4) is 0 Å². The number of carbonyl (C=O) groups is 2. The Morgan fingerprint density at radius 3 is 2.58 bits per heavy atom. The lowest BCUT2D eigenvalue weighted by Gasteiger charge is -2.22. The van der Waals surface area contributed by atoms with E-state index in [0.717, 1.165) is 16.1 Å². The van der Waals surface area contributed by atoms with Crippen LogP contribution in [0.4, 0.5) is 5.69 Å². The molecule has 2 rings (SSSR count). The highest BCUT2D eigenvalue weighted by Crippen LogP contribution is 2.29. The lowest BCUT2D eigenvalue weighted by atomic mass is 9.86. The number of benzene rings is 1. The molecule has 0 bridgehead atoms. The molecule has 126 valence electrons. The van der Waals surface area contributed by atoms with Crippen LogP contribution in [0.5, 0.6) is 0 Å². The largest absolute Gasteiger partial charge is 0.452 e. The number of carbonyl (C=O) groups excluding carboxylic acids is 2. The third-order valence-corrected chi connectivity index (χ3v) is 4.12. The molecule has 0 aliphatic carbocycles. The quantitative estimate of drug-likeness (QED) is 0.652. The van der Waals surface area contributed by atoms with E-state index >= 15 is 0 Å². The Morgan fingerprint density at radius 2 is 1.92 bits per heavy atom. The van der Waals surface area contributed by atoms with E-state index in [-0.39, 0.29) is 17.9 Å². The predicted octanol–water partition coefficient (Wildman–Crippen LogP) is 4.24. The molecule has 1 amide bonds. The van der Waals surface area contributed by atoms with Gasteiger partial charge in [-0.25, -0.2) is 4.79 Å². The number of ether oxygens (including phenoxy) is 1. The highest BCUT2D eigenvalue weighted by Gasteiger charge is 2.18. The zero-order valence-corrected chi connectivity index (χ0v) is 14.9. The van der Waals surface area contributed by atoms with E-state index in [2.05, 4.69) is 26.1 Å². The van der Waals surface area contributed by atoms with E-state index in [1.807, 2.05) is 41.8 Å². The first-order valence-electron chi connectivity index (χ1n) is 7.64. The third-order valence-electron chi connectivity index (χ3n) is 3.28. The summed E-state index contributed by atoms with van der Waals surface area (Å²) in [7, 11) is 0. The lowest BCUT2D eigenvalue weighted by molar-refractivity contribution is -0.142. The Labute approximate surface area is 146 Å². The molecule has 5 heteroatoms. The van der Waals surface area contributed by atoms with Gasteiger partial charge in [0.05, 0.1) is 0 Å². The van der Waals surface area contributed by atoms with Crippen molar-refractivity contribution in [1.82, 2.24) is 0 Å². The first kappa shape index (κ1) is 17.9. The molecule has 0 saturated carbocycles. The van der Waals surface area contributed by atoms with Crippen LogP contribution in [0.25, 0.3) is 6.08 Å². The summed E-state index contributed by atoms with van der Waals surface area (Å²) in [6.45, 7) is 5.92. The fourth-order valence-corrected chi connectivity index (χ4v) is 2.77. The summed E-state index contributed by atoms with van der Waals surface area (Å²) in [5.74, 6) is -0.896. The topological polar surface area (TPSA) is 55.4 Å². The highest BCUT2D eigenvalue weighted by atomic mass is 32.1. The van der Waals surface area contributed by atoms with Crippen LogP contribution in [0.3, 0.4) is 0 Å². The van der Waals surface area contributed by atoms with Gasteiger partial charge in [-0.15, -0.1) is 11.3 Å². The van der Waals surface area contributed by atoms with E-state index in [1.165, 1.54) is 17.4 Å². The van der Waals surface area contributed by atoms with Crippen LogP contribution in [0, 0.1) is 0 Å². The van der Waals surface area contributed by atoms with Gasteiger partial charge in [-0.2, -0.15) is 0 Å². The van der Waals surface area contributed by atoms with E-state index in [4.69, 9.17) is 4.74 Å². The van der Waals surface area contributed by atoms with Crippen molar-refractivity contribution < 1.29 is 14.3 Å². The van der Waals surface area contributed by atoms with Gasteiger partial charge in [-0.1, -0.05) is 45.0 Å². The zero-order chi connectivity index (χ0) is 17.6. The summed E-state index contributed by atoms with van der Waals surface area (Å²) in [5, 5.41) is 4.73. The summed E-state index contributed by atoms with van der Waals surface area (Å²) < 4.78 is 4.97. The van der Waals surface area contributed by atoms with Gasteiger partial charge in [-0.3, -0.25) is 4.79 Å². The molecule has 1 aromatic carbocycles. The molecule has 1 aromatic heterocycles. The number of nitrogens with one attached hydrogen (secondary N) is 1. The van der Waals surface area contributed by atoms with Gasteiger partial charge in [0.15, 0.2) is 6.61 Å². The van der Waals surface area contributed by atoms with Crippen LogP contribution in [-0.4, -0.2) is 18.5 Å². The highest BCUT2D eigenvalue weighted by molar-refractivity contribution is 7.10. The van der Waals surface area contributed by atoms with Crippen molar-refractivity contribution in [3.63, 3.8) is 0 Å². The Morgan fingerprint density at radius 1 is 1.17 bits per heavy atom. The summed E-state index contributed by atoms with van der Waals surface area (Å²) in [6, 6.07) is 11.4. The molecule has 0 saturated heterocycles. The molecular formula is C19H21NO3S. The van der Waals surface area contributed by atoms with Crippen LogP contribution < -0.4 is 5.32 Å². The second-order valence-electron chi connectivity index (χ2n) is 6.30. The third kappa shape index (κ3) is 5.35. The maximum Gasteiger partial charge on any atom is 0.331 e. The number of hydrogen-bond donors (Lipinski definition) is 1. The molecule has 24 heavy (non-hydrogen) atoms. The number of rotatable bonds is 5. The van der Waals surface area contributed by atoms with Crippen LogP contribution >= 0.6 is 11.3 Å². The number of thiophene rings is 1. The van der Waals surface area contributed by atoms with Gasteiger partial charge in [0.2, 0.25) is 0 Å². The van der Waals surface area contributed by atoms with Crippen molar-refractivity contribution in [2.24, 2.45) is 0 Å². The Bertz CT molecular complexity index is 727. The molecule has 4 nitrogen and oxygen atoms in total. The molecular weight excluding hydrogens is 322 g/mol. The maximum absolute atomic E-state index is 12.0. The average Bonchev–Trinajstić information content (AvgIpc) is 3.04. The van der Waals surface area contributed by atoms with Gasteiger partial charge in [0, 0.05) is 16.6 Å². The van der Waals surface area contributed by atoms with Crippen LogP contribution in [0.15, 0.2) is 47.9 Å². The van der Waals surface area contributed by atoms with Crippen molar-refractivity contribution >= 4 is 35.0 Å². The zero-order valence-electron chi connectivity index (χ0n) is 14.0. The molecule has 1 N–H and O–H groups in total. The van der Waals surface area contributed by atoms with Gasteiger partial charge in [-0.05, 0) is 34.6 Å². The van der Waals surface area contributed by atoms with E-state index in [9.17, 15) is 9.59 Å². The minimum Gasteiger partial charge on any atom is -0.452 e. The molecule has 0 aliphatic rings. The molecule has 1 heterocycles. The van der Waals surface area contributed by atoms with Crippen molar-refractivity contribution in [2.45, 2.75) is 26.2 Å². The summed E-state index contributed by atoms with van der Waals surface area (Å²) >= 11 is 1.52. The standard InChI is InChI=1S/C19H21NO3S/c1-19(2,3)15-8-4-5-9-16(15)20-17(21)13-23-18(22)11-10-14-7-6-12-24-14/h4-12H,13H2,1-3H3,(H,20,21). The second-order valence-corrected chi connectivity index (χ2v) is 7.28. The number of anilines is 1. The monoisotopic (exact) mass is 343 g/mol. The van der Waals surface area contributed by atoms with Crippen molar-refractivity contribution in [1.29, 1.82) is 0 Å². The number of amides is 1. The minimum absolute atomic E-state index is 0.0933. The molecule has 0 spiro atoms. The molecule has 0 atom stereocenters. The molecule has 0 fully saturated rings. The predicted molar refractivity (Wildman–Crippen MR) is 98.1 cm³/mol. The first-order valence-corrected chi connectivity index (χ1v) is 8.52. The second kappa shape index (κ2) is 7.93. The molecule has 2 aromatic rings. The number of esters is 1. The molecule has 0 radical (unpaired) electrons. The molecule has 0 unspecified atom stereocenters. The SMILES string of the molecule is CC(C)(C)c1ccccc1NC(=O)COC(=O)C=Cc1cccs1. The van der Waals surface area contributed by atoms with E-state index in [1.54, 1.807) is 6.08 Å². The fraction of sp³-hybridized carbons (Fsp3) is 0.263. The first-order chi connectivity index (χ1) is 11.4. The van der Waals surface area contributed by atoms with Crippen LogP contribution in [0.2, 0.25) is 0 Å². The Balaban J connectivity index is 1.89. The van der Waals surface area contributed by atoms with Crippen LogP contribution in [0.1, 0.15) is 31.2 Å². The maximum atomic E-state index is 12.0. The minimum atomic E-state index is -0.539. The summed E-state index contributed by atoms with van der Waals surface area (Å²) in [6.07, 6.45) is 2.99. The van der Waals surface area contributed by atoms with Gasteiger partial charge >= 0.3 is 5.97 Å². The van der Waals surface area contributed by atoms with Gasteiger partial charge in [0.1, 0.15) is 0 Å². The van der Waals surface area contributed by atoms with E-state index in [0.29, 0.717) is 0 Å². The Hall–Kier alpha value is -2.40. The van der Waals surface area contributed by atoms with E-state index < -0.39 is 5.97 Å². The molecule has 0 aliphatic heterocycles. The van der Waals surface area contributed by atoms with Gasteiger partial charge < -0.3 is 10.1 Å². The number of hydrogen-bond acceptors (Lipinski definition) is 4. The summed E-state index contributed by atoms with van der Waals surface area (Å²) in [5.41, 5.74) is 1.67. The van der Waals surface area contributed by atoms with Crippen molar-refractivity contribution in [3.05, 3.63) is 58.3 Å². The summed E-state index contributed by atoms with van der Waals surface area (Å²) in [4.78, 5) is 24.6. The number of para-hydroxylation sites is 1. The van der Waals surface area contributed by atoms with Crippen LogP contribution in [-0.2, 0) is 19.7 Å². The Kier molecular flexibility index (Phi) is 5.93. The smallest absolute Gasteiger partial charge is 0.331 e. The van der Waals surface area contributed by atoms with Gasteiger partial charge in [0.25, 0.3) is 5.91 Å². The average molecular weight is 343 g/mol.